The Bertz CT molecular complexity index is 346. The Balaban J connectivity index is 2.35. The number of hydrogen-bond acceptors (Lipinski definition) is 5. The first-order valence-corrected chi connectivity index (χ1v) is 6.53. The molecule has 1 saturated heterocycles. The second kappa shape index (κ2) is 7.73. The topological polar surface area (TPSA) is 87.7 Å². The van der Waals surface area contributed by atoms with Gasteiger partial charge in [0.1, 0.15) is 6.54 Å². The largest absolute Gasteiger partial charge is 0.465 e. The van der Waals surface area contributed by atoms with Crippen LogP contribution in [0.5, 0.6) is 0 Å². The molecule has 2 N–H and O–H groups in total. The minimum atomic E-state index is -0.504. The number of nitrogens with zero attached hydrogens (tertiary/aromatic N) is 1. The van der Waals surface area contributed by atoms with Gasteiger partial charge in [-0.2, -0.15) is 0 Å². The fourth-order valence-electron chi connectivity index (χ4n) is 1.91. The summed E-state index contributed by atoms with van der Waals surface area (Å²) in [7, 11) is 0. The number of nitrogens with one attached hydrogen (secondary N) is 2. The number of rotatable bonds is 6. The van der Waals surface area contributed by atoms with E-state index in [1.165, 1.54) is 0 Å². The summed E-state index contributed by atoms with van der Waals surface area (Å²) in [5, 5.41) is 5.45. The summed E-state index contributed by atoms with van der Waals surface area (Å²) in [5.41, 5.74) is 0. The highest BCUT2D eigenvalue weighted by Gasteiger charge is 2.29. The van der Waals surface area contributed by atoms with Crippen molar-refractivity contribution in [1.82, 2.24) is 15.5 Å². The predicted molar refractivity (Wildman–Crippen MR) is 68.3 cm³/mol. The van der Waals surface area contributed by atoms with Gasteiger partial charge in [-0.25, -0.2) is 0 Å². The summed E-state index contributed by atoms with van der Waals surface area (Å²) < 4.78 is 4.69. The first kappa shape index (κ1) is 15.4. The van der Waals surface area contributed by atoms with E-state index in [2.05, 4.69) is 10.6 Å². The lowest BCUT2D eigenvalue weighted by Crippen LogP contribution is -2.56. The van der Waals surface area contributed by atoms with Gasteiger partial charge in [-0.3, -0.25) is 14.4 Å². The Kier molecular flexibility index (Phi) is 6.27. The van der Waals surface area contributed by atoms with E-state index in [-0.39, 0.29) is 31.4 Å². The second-order valence-electron chi connectivity index (χ2n) is 4.21. The van der Waals surface area contributed by atoms with Crippen molar-refractivity contribution in [2.45, 2.75) is 26.3 Å². The number of hydrogen-bond donors (Lipinski definition) is 2. The van der Waals surface area contributed by atoms with Crippen LogP contribution >= 0.6 is 0 Å². The van der Waals surface area contributed by atoms with Crippen LogP contribution in [0.1, 0.15) is 20.3 Å². The van der Waals surface area contributed by atoms with Crippen LogP contribution in [0.4, 0.5) is 0 Å². The van der Waals surface area contributed by atoms with Gasteiger partial charge in [0.2, 0.25) is 11.8 Å². The number of carbonyl (C=O) groups excluding carboxylic acids is 3. The molecule has 0 radical (unpaired) electrons. The Morgan fingerprint density at radius 1 is 1.47 bits per heavy atom. The number of ether oxygens (including phenoxy) is 1. The molecule has 0 spiro atoms. The van der Waals surface area contributed by atoms with E-state index < -0.39 is 12.0 Å². The standard InChI is InChI=1S/C12H21N3O4/c1-3-15-6-5-13-9(12(15)18)7-10(16)14-8-11(17)19-4-2/h9,13H,3-8H2,1-2H3,(H,14,16). The first-order chi connectivity index (χ1) is 9.08. The summed E-state index contributed by atoms with van der Waals surface area (Å²) in [5.74, 6) is -0.883. The van der Waals surface area contributed by atoms with Crippen LogP contribution in [0.3, 0.4) is 0 Å². The fourth-order valence-corrected chi connectivity index (χ4v) is 1.91. The van der Waals surface area contributed by atoms with Crippen LogP contribution in [0, 0.1) is 0 Å². The molecule has 7 heteroatoms. The Hall–Kier alpha value is -1.63. The fraction of sp³-hybridized carbons (Fsp3) is 0.750. The molecule has 0 aromatic heterocycles. The zero-order valence-electron chi connectivity index (χ0n) is 11.4. The molecule has 1 unspecified atom stereocenters. The summed E-state index contributed by atoms with van der Waals surface area (Å²) in [6.07, 6.45) is 0.0364. The van der Waals surface area contributed by atoms with Crippen LogP contribution in [0.15, 0.2) is 0 Å². The molecule has 1 atom stereocenters. The van der Waals surface area contributed by atoms with Gasteiger partial charge in [-0.1, -0.05) is 0 Å². The SMILES string of the molecule is CCOC(=O)CNC(=O)CC1NCCN(CC)C1=O. The van der Waals surface area contributed by atoms with E-state index in [1.54, 1.807) is 11.8 Å². The van der Waals surface area contributed by atoms with Crippen molar-refractivity contribution in [3.8, 4) is 0 Å². The van der Waals surface area contributed by atoms with Gasteiger partial charge in [-0.15, -0.1) is 0 Å². The monoisotopic (exact) mass is 271 g/mol. The molecule has 108 valence electrons. The van der Waals surface area contributed by atoms with Crippen molar-refractivity contribution < 1.29 is 19.1 Å². The van der Waals surface area contributed by atoms with Crippen LogP contribution in [-0.4, -0.2) is 61.5 Å². The van der Waals surface area contributed by atoms with E-state index in [0.717, 1.165) is 0 Å². The molecule has 1 rings (SSSR count). The quantitative estimate of drug-likeness (QED) is 0.597. The highest BCUT2D eigenvalue weighted by atomic mass is 16.5. The van der Waals surface area contributed by atoms with Crippen LogP contribution in [-0.2, 0) is 19.1 Å². The third-order valence-electron chi connectivity index (χ3n) is 2.89. The molecule has 1 aliphatic heterocycles. The lowest BCUT2D eigenvalue weighted by Gasteiger charge is -2.32. The highest BCUT2D eigenvalue weighted by Crippen LogP contribution is 2.04. The van der Waals surface area contributed by atoms with E-state index in [4.69, 9.17) is 4.74 Å². The van der Waals surface area contributed by atoms with Gasteiger partial charge < -0.3 is 20.3 Å². The Labute approximate surface area is 112 Å². The molecule has 1 fully saturated rings. The number of likely N-dealkylation sites (N-methyl/N-ethyl adjacent to an activating group) is 1. The Morgan fingerprint density at radius 2 is 2.21 bits per heavy atom. The zero-order chi connectivity index (χ0) is 14.3. The molecule has 0 aromatic rings. The van der Waals surface area contributed by atoms with Gasteiger partial charge in [0.15, 0.2) is 0 Å². The number of esters is 1. The molecule has 0 aromatic carbocycles. The molecule has 1 heterocycles. The van der Waals surface area contributed by atoms with Crippen molar-refractivity contribution in [2.24, 2.45) is 0 Å². The maximum atomic E-state index is 11.9. The second-order valence-corrected chi connectivity index (χ2v) is 4.21. The molecule has 0 aliphatic carbocycles. The maximum absolute atomic E-state index is 11.9. The molecule has 19 heavy (non-hydrogen) atoms. The number of carbonyl (C=O) groups is 3. The van der Waals surface area contributed by atoms with Gasteiger partial charge in [0, 0.05) is 19.6 Å². The van der Waals surface area contributed by atoms with Crippen LogP contribution < -0.4 is 10.6 Å². The molecule has 0 saturated carbocycles. The Morgan fingerprint density at radius 3 is 2.84 bits per heavy atom. The zero-order valence-corrected chi connectivity index (χ0v) is 11.4. The maximum Gasteiger partial charge on any atom is 0.325 e. The van der Waals surface area contributed by atoms with Crippen molar-refractivity contribution >= 4 is 17.8 Å². The molecular weight excluding hydrogens is 250 g/mol. The van der Waals surface area contributed by atoms with E-state index in [9.17, 15) is 14.4 Å². The van der Waals surface area contributed by atoms with Gasteiger partial charge in [0.25, 0.3) is 0 Å². The number of amides is 2. The van der Waals surface area contributed by atoms with Crippen molar-refractivity contribution in [2.75, 3.05) is 32.8 Å². The summed E-state index contributed by atoms with van der Waals surface area (Å²) in [6.45, 7) is 5.70. The lowest BCUT2D eigenvalue weighted by molar-refractivity contribution is -0.143. The minimum Gasteiger partial charge on any atom is -0.465 e. The normalized spacial score (nSPS) is 19.2. The third kappa shape index (κ3) is 4.86. The van der Waals surface area contributed by atoms with Crippen LogP contribution in [0.2, 0.25) is 0 Å². The van der Waals surface area contributed by atoms with Gasteiger partial charge >= 0.3 is 5.97 Å². The van der Waals surface area contributed by atoms with Crippen LogP contribution in [0.25, 0.3) is 0 Å². The van der Waals surface area contributed by atoms with E-state index in [0.29, 0.717) is 19.6 Å². The third-order valence-corrected chi connectivity index (χ3v) is 2.89. The molecule has 0 bridgehead atoms. The lowest BCUT2D eigenvalue weighted by atomic mass is 10.1. The first-order valence-electron chi connectivity index (χ1n) is 6.53. The summed E-state index contributed by atoms with van der Waals surface area (Å²) in [6, 6.07) is -0.504. The van der Waals surface area contributed by atoms with Gasteiger partial charge in [0.05, 0.1) is 19.1 Å². The average Bonchev–Trinajstić information content (AvgIpc) is 2.39. The van der Waals surface area contributed by atoms with Crippen molar-refractivity contribution in [3.05, 3.63) is 0 Å². The van der Waals surface area contributed by atoms with Crippen molar-refractivity contribution in [1.29, 1.82) is 0 Å². The van der Waals surface area contributed by atoms with E-state index in [1.807, 2.05) is 6.92 Å². The predicted octanol–water partition coefficient (Wildman–Crippen LogP) is -1.12. The number of piperazine rings is 1. The molecular formula is C12H21N3O4. The summed E-state index contributed by atoms with van der Waals surface area (Å²) >= 11 is 0. The minimum absolute atomic E-state index is 0.0364. The smallest absolute Gasteiger partial charge is 0.325 e. The van der Waals surface area contributed by atoms with E-state index >= 15 is 0 Å². The molecule has 1 aliphatic rings. The van der Waals surface area contributed by atoms with Gasteiger partial charge in [-0.05, 0) is 13.8 Å². The molecule has 7 nitrogen and oxygen atoms in total. The molecule has 2 amide bonds. The summed E-state index contributed by atoms with van der Waals surface area (Å²) in [4.78, 5) is 36.3. The van der Waals surface area contributed by atoms with Crippen molar-refractivity contribution in [3.63, 3.8) is 0 Å². The highest BCUT2D eigenvalue weighted by molar-refractivity contribution is 5.90. The average molecular weight is 271 g/mol.